The van der Waals surface area contributed by atoms with Gasteiger partial charge in [0.15, 0.2) is 0 Å². The quantitative estimate of drug-likeness (QED) is 0.492. The molecule has 0 unspecified atom stereocenters. The van der Waals surface area contributed by atoms with E-state index < -0.39 is 10.0 Å². The molecule has 0 fully saturated rings. The van der Waals surface area contributed by atoms with Crippen LogP contribution in [0.1, 0.15) is 28.4 Å². The van der Waals surface area contributed by atoms with Crippen LogP contribution in [0.2, 0.25) is 5.02 Å². The van der Waals surface area contributed by atoms with E-state index in [1.807, 2.05) is 31.2 Å². The van der Waals surface area contributed by atoms with Crippen LogP contribution in [0.5, 0.6) is 5.75 Å². The minimum atomic E-state index is -3.56. The molecule has 3 aromatic rings. The summed E-state index contributed by atoms with van der Waals surface area (Å²) in [7, 11) is -3.56. The Morgan fingerprint density at radius 1 is 0.969 bits per heavy atom. The molecular formula is C24H25ClN2O4S. The zero-order valence-electron chi connectivity index (χ0n) is 17.9. The predicted octanol–water partition coefficient (Wildman–Crippen LogP) is 4.63. The van der Waals surface area contributed by atoms with Crippen molar-refractivity contribution in [2.24, 2.45) is 0 Å². The fourth-order valence-electron chi connectivity index (χ4n) is 3.18. The largest absolute Gasteiger partial charge is 0.494 e. The topological polar surface area (TPSA) is 75.7 Å². The van der Waals surface area contributed by atoms with Crippen LogP contribution in [-0.2, 0) is 23.1 Å². The number of para-hydroxylation sites is 1. The summed E-state index contributed by atoms with van der Waals surface area (Å²) in [6.45, 7) is 2.86. The number of ether oxygens (including phenoxy) is 1. The monoisotopic (exact) mass is 472 g/mol. The molecule has 32 heavy (non-hydrogen) atoms. The minimum Gasteiger partial charge on any atom is -0.494 e. The normalized spacial score (nSPS) is 11.1. The number of sulfonamides is 1. The lowest BCUT2D eigenvalue weighted by atomic mass is 10.1. The molecule has 168 valence electrons. The molecule has 3 rings (SSSR count). The molecule has 1 amide bonds. The van der Waals surface area contributed by atoms with Crippen LogP contribution in [0.15, 0.2) is 72.8 Å². The molecule has 0 saturated carbocycles. The first-order chi connectivity index (χ1) is 15.3. The Labute approximate surface area is 193 Å². The van der Waals surface area contributed by atoms with Gasteiger partial charge in [0, 0.05) is 22.7 Å². The summed E-state index contributed by atoms with van der Waals surface area (Å²) in [4.78, 5) is 12.6. The van der Waals surface area contributed by atoms with Crippen molar-refractivity contribution in [2.45, 2.75) is 20.0 Å². The number of rotatable bonds is 9. The van der Waals surface area contributed by atoms with Gasteiger partial charge in [0.05, 0.1) is 25.1 Å². The summed E-state index contributed by atoms with van der Waals surface area (Å²) in [5.41, 5.74) is 2.44. The van der Waals surface area contributed by atoms with Crippen LogP contribution in [0, 0.1) is 0 Å². The van der Waals surface area contributed by atoms with E-state index in [4.69, 9.17) is 16.3 Å². The van der Waals surface area contributed by atoms with Gasteiger partial charge in [-0.15, -0.1) is 0 Å². The number of hydrogen-bond acceptors (Lipinski definition) is 4. The van der Waals surface area contributed by atoms with Crippen LogP contribution >= 0.6 is 11.6 Å². The molecule has 1 N–H and O–H groups in total. The Morgan fingerprint density at radius 2 is 1.59 bits per heavy atom. The number of benzene rings is 3. The molecule has 0 aliphatic heterocycles. The van der Waals surface area contributed by atoms with Gasteiger partial charge in [-0.1, -0.05) is 48.0 Å². The van der Waals surface area contributed by atoms with Gasteiger partial charge >= 0.3 is 0 Å². The van der Waals surface area contributed by atoms with E-state index in [1.54, 1.807) is 48.5 Å². The van der Waals surface area contributed by atoms with Crippen molar-refractivity contribution < 1.29 is 17.9 Å². The number of carbonyl (C=O) groups excluding carboxylic acids is 1. The highest BCUT2D eigenvalue weighted by Gasteiger charge is 2.19. The zero-order valence-corrected chi connectivity index (χ0v) is 19.5. The molecule has 0 bridgehead atoms. The third-order valence-corrected chi connectivity index (χ3v) is 6.31. The Kier molecular flexibility index (Phi) is 7.77. The summed E-state index contributed by atoms with van der Waals surface area (Å²) in [6, 6.07) is 21.0. The SMILES string of the molecule is CCOc1ccccc1CNC(=O)c1ccc(N(Cc2ccccc2Cl)S(C)(=O)=O)cc1. The molecular weight excluding hydrogens is 448 g/mol. The Bertz CT molecular complexity index is 1180. The molecule has 0 spiro atoms. The van der Waals surface area contributed by atoms with E-state index in [0.717, 1.165) is 17.6 Å². The number of nitrogens with one attached hydrogen (secondary N) is 1. The van der Waals surface area contributed by atoms with E-state index in [2.05, 4.69) is 5.32 Å². The number of nitrogens with zero attached hydrogens (tertiary/aromatic N) is 1. The molecule has 0 atom stereocenters. The van der Waals surface area contributed by atoms with Crippen molar-refractivity contribution in [3.63, 3.8) is 0 Å². The second kappa shape index (κ2) is 10.5. The fourth-order valence-corrected chi connectivity index (χ4v) is 4.26. The molecule has 0 saturated heterocycles. The number of amides is 1. The van der Waals surface area contributed by atoms with Gasteiger partial charge in [0.2, 0.25) is 10.0 Å². The molecule has 6 nitrogen and oxygen atoms in total. The van der Waals surface area contributed by atoms with Crippen LogP contribution in [0.4, 0.5) is 5.69 Å². The summed E-state index contributed by atoms with van der Waals surface area (Å²) >= 11 is 6.21. The first-order valence-electron chi connectivity index (χ1n) is 10.1. The van der Waals surface area contributed by atoms with E-state index in [1.165, 1.54) is 4.31 Å². The molecule has 0 aliphatic carbocycles. The second-order valence-electron chi connectivity index (χ2n) is 7.13. The van der Waals surface area contributed by atoms with Crippen LogP contribution in [0.3, 0.4) is 0 Å². The fraction of sp³-hybridized carbons (Fsp3) is 0.208. The molecule has 8 heteroatoms. The molecule has 0 aliphatic rings. The second-order valence-corrected chi connectivity index (χ2v) is 9.45. The maximum Gasteiger partial charge on any atom is 0.251 e. The van der Waals surface area contributed by atoms with Crippen molar-refractivity contribution >= 4 is 33.2 Å². The van der Waals surface area contributed by atoms with Gasteiger partial charge in [-0.05, 0) is 48.9 Å². The number of halogens is 1. The lowest BCUT2D eigenvalue weighted by Crippen LogP contribution is -2.29. The van der Waals surface area contributed by atoms with E-state index >= 15 is 0 Å². The molecule has 0 aromatic heterocycles. The van der Waals surface area contributed by atoms with E-state index in [9.17, 15) is 13.2 Å². The first kappa shape index (κ1) is 23.6. The highest BCUT2D eigenvalue weighted by molar-refractivity contribution is 7.92. The maximum absolute atomic E-state index is 12.6. The van der Waals surface area contributed by atoms with Gasteiger partial charge in [-0.2, -0.15) is 0 Å². The van der Waals surface area contributed by atoms with Gasteiger partial charge in [0.25, 0.3) is 5.91 Å². The van der Waals surface area contributed by atoms with E-state index in [-0.39, 0.29) is 12.5 Å². The summed E-state index contributed by atoms with van der Waals surface area (Å²) in [6.07, 6.45) is 1.14. The molecule has 0 radical (unpaired) electrons. The number of anilines is 1. The summed E-state index contributed by atoms with van der Waals surface area (Å²) in [5.74, 6) is 0.467. The minimum absolute atomic E-state index is 0.0955. The van der Waals surface area contributed by atoms with Crippen molar-refractivity contribution in [3.05, 3.63) is 94.5 Å². The first-order valence-corrected chi connectivity index (χ1v) is 12.3. The lowest BCUT2D eigenvalue weighted by molar-refractivity contribution is 0.0950. The Hall–Kier alpha value is -3.03. The summed E-state index contributed by atoms with van der Waals surface area (Å²) < 4.78 is 31.6. The molecule has 0 heterocycles. The van der Waals surface area contributed by atoms with Crippen molar-refractivity contribution in [2.75, 3.05) is 17.2 Å². The Morgan fingerprint density at radius 3 is 2.22 bits per heavy atom. The van der Waals surface area contributed by atoms with Gasteiger partial charge < -0.3 is 10.1 Å². The van der Waals surface area contributed by atoms with Crippen molar-refractivity contribution in [3.8, 4) is 5.75 Å². The Balaban J connectivity index is 1.74. The smallest absolute Gasteiger partial charge is 0.251 e. The van der Waals surface area contributed by atoms with Gasteiger partial charge in [-0.3, -0.25) is 9.10 Å². The average molecular weight is 473 g/mol. The van der Waals surface area contributed by atoms with Gasteiger partial charge in [0.1, 0.15) is 5.75 Å². The third kappa shape index (κ3) is 6.02. The van der Waals surface area contributed by atoms with Gasteiger partial charge in [-0.25, -0.2) is 8.42 Å². The van der Waals surface area contributed by atoms with Crippen molar-refractivity contribution in [1.29, 1.82) is 0 Å². The third-order valence-electron chi connectivity index (χ3n) is 4.80. The zero-order chi connectivity index (χ0) is 23.1. The lowest BCUT2D eigenvalue weighted by Gasteiger charge is -2.23. The molecule has 3 aromatic carbocycles. The van der Waals surface area contributed by atoms with Crippen LogP contribution in [0.25, 0.3) is 0 Å². The van der Waals surface area contributed by atoms with Crippen LogP contribution < -0.4 is 14.4 Å². The van der Waals surface area contributed by atoms with Crippen LogP contribution in [-0.4, -0.2) is 27.2 Å². The highest BCUT2D eigenvalue weighted by atomic mass is 35.5. The van der Waals surface area contributed by atoms with Crippen molar-refractivity contribution in [1.82, 2.24) is 5.32 Å². The predicted molar refractivity (Wildman–Crippen MR) is 128 cm³/mol. The number of carbonyl (C=O) groups is 1. The average Bonchev–Trinajstić information content (AvgIpc) is 2.77. The van der Waals surface area contributed by atoms with E-state index in [0.29, 0.717) is 35.0 Å². The highest BCUT2D eigenvalue weighted by Crippen LogP contribution is 2.24. The maximum atomic E-state index is 12.6. The number of hydrogen-bond donors (Lipinski definition) is 1. The summed E-state index contributed by atoms with van der Waals surface area (Å²) in [5, 5.41) is 3.36. The standard InChI is InChI=1S/C24H25ClN2O4S/c1-3-31-23-11-7-5-8-19(23)16-26-24(28)18-12-14-21(15-13-18)27(32(2,29)30)17-20-9-4-6-10-22(20)25/h4-15H,3,16-17H2,1-2H3,(H,26,28).